The molecule has 3 nitrogen and oxygen atoms in total. The molecule has 0 saturated carbocycles. The number of hydrogen-bond acceptors (Lipinski definition) is 3. The summed E-state index contributed by atoms with van der Waals surface area (Å²) < 4.78 is 5.07. The molecule has 1 saturated heterocycles. The second kappa shape index (κ2) is 9.87. The van der Waals surface area contributed by atoms with E-state index < -0.39 is 0 Å². The number of hydrogen-bond donors (Lipinski definition) is 0. The van der Waals surface area contributed by atoms with E-state index in [1.54, 1.807) is 0 Å². The van der Waals surface area contributed by atoms with Gasteiger partial charge in [0.25, 0.3) is 0 Å². The average Bonchev–Trinajstić information content (AvgIpc) is 2.59. The molecule has 22 heavy (non-hydrogen) atoms. The SMILES string of the molecule is O=[C]CN1CCOCC1.[CH](c1ccccc1)c1ccccc1. The van der Waals surface area contributed by atoms with Crippen LogP contribution < -0.4 is 0 Å². The van der Waals surface area contributed by atoms with Gasteiger partial charge in [-0.25, -0.2) is 0 Å². The number of rotatable bonds is 4. The molecule has 0 amide bonds. The van der Waals surface area contributed by atoms with Crippen LogP contribution in [-0.2, 0) is 9.53 Å². The molecular formula is C19H21NO2. The van der Waals surface area contributed by atoms with Crippen molar-refractivity contribution in [2.45, 2.75) is 0 Å². The van der Waals surface area contributed by atoms with Gasteiger partial charge in [-0.2, -0.15) is 0 Å². The van der Waals surface area contributed by atoms with E-state index in [9.17, 15) is 4.79 Å². The van der Waals surface area contributed by atoms with Crippen LogP contribution in [0.1, 0.15) is 11.1 Å². The minimum atomic E-state index is 0.434. The largest absolute Gasteiger partial charge is 0.379 e. The highest BCUT2D eigenvalue weighted by molar-refractivity contribution is 5.53. The van der Waals surface area contributed by atoms with Gasteiger partial charge in [0, 0.05) is 19.5 Å². The summed E-state index contributed by atoms with van der Waals surface area (Å²) in [6, 6.07) is 20.7. The van der Waals surface area contributed by atoms with E-state index in [2.05, 4.69) is 55.0 Å². The molecule has 0 atom stereocenters. The summed E-state index contributed by atoms with van der Waals surface area (Å²) in [5.74, 6) is 0. The van der Waals surface area contributed by atoms with Crippen LogP contribution >= 0.6 is 0 Å². The number of carbonyl (C=O) groups excluding carboxylic acids is 1. The summed E-state index contributed by atoms with van der Waals surface area (Å²) in [7, 11) is 0. The van der Waals surface area contributed by atoms with E-state index in [0.717, 1.165) is 26.3 Å². The van der Waals surface area contributed by atoms with Gasteiger partial charge in [0.2, 0.25) is 6.29 Å². The quantitative estimate of drug-likeness (QED) is 0.868. The minimum Gasteiger partial charge on any atom is -0.379 e. The van der Waals surface area contributed by atoms with Gasteiger partial charge in [-0.05, 0) is 11.1 Å². The van der Waals surface area contributed by atoms with Gasteiger partial charge in [-0.1, -0.05) is 60.7 Å². The molecule has 2 radical (unpaired) electrons. The summed E-state index contributed by atoms with van der Waals surface area (Å²) in [5.41, 5.74) is 2.49. The maximum absolute atomic E-state index is 9.87. The van der Waals surface area contributed by atoms with Crippen molar-refractivity contribution in [2.24, 2.45) is 0 Å². The van der Waals surface area contributed by atoms with Crippen molar-refractivity contribution in [2.75, 3.05) is 32.8 Å². The van der Waals surface area contributed by atoms with Crippen molar-refractivity contribution >= 4 is 6.29 Å². The van der Waals surface area contributed by atoms with Gasteiger partial charge < -0.3 is 4.74 Å². The van der Waals surface area contributed by atoms with E-state index in [1.165, 1.54) is 11.1 Å². The standard InChI is InChI=1S/C13H11.C6H10NO2/c1-3-7-12(8-4-1)11-13-9-5-2-6-10-13;8-4-1-7-2-5-9-6-3-7/h1-11H;1-3,5-6H2. The normalized spacial score (nSPS) is 14.7. The molecule has 3 heteroatoms. The maximum Gasteiger partial charge on any atom is 0.213 e. The Kier molecular flexibility index (Phi) is 7.36. The van der Waals surface area contributed by atoms with Crippen molar-refractivity contribution in [3.63, 3.8) is 0 Å². The zero-order valence-electron chi connectivity index (χ0n) is 12.7. The van der Waals surface area contributed by atoms with Crippen molar-refractivity contribution in [1.82, 2.24) is 4.90 Å². The first-order valence-corrected chi connectivity index (χ1v) is 7.48. The lowest BCUT2D eigenvalue weighted by Crippen LogP contribution is -2.37. The summed E-state index contributed by atoms with van der Waals surface area (Å²) in [5, 5.41) is 0. The Morgan fingerprint density at radius 3 is 1.86 bits per heavy atom. The molecule has 0 aromatic heterocycles. The second-order valence-electron chi connectivity index (χ2n) is 5.00. The fourth-order valence-corrected chi connectivity index (χ4v) is 2.14. The molecule has 0 aliphatic carbocycles. The molecular weight excluding hydrogens is 274 g/mol. The van der Waals surface area contributed by atoms with E-state index >= 15 is 0 Å². The molecule has 0 unspecified atom stereocenters. The van der Waals surface area contributed by atoms with E-state index in [0.29, 0.717) is 6.54 Å². The van der Waals surface area contributed by atoms with Gasteiger partial charge in [0.15, 0.2) is 0 Å². The summed E-state index contributed by atoms with van der Waals surface area (Å²) in [6.07, 6.45) is 4.02. The Morgan fingerprint density at radius 1 is 0.909 bits per heavy atom. The number of morpholine rings is 1. The van der Waals surface area contributed by atoms with Crippen LogP contribution in [0.3, 0.4) is 0 Å². The fraction of sp³-hybridized carbons (Fsp3) is 0.263. The first-order chi connectivity index (χ1) is 10.9. The van der Waals surface area contributed by atoms with Crippen molar-refractivity contribution in [1.29, 1.82) is 0 Å². The van der Waals surface area contributed by atoms with Crippen molar-refractivity contribution < 1.29 is 9.53 Å². The Balaban J connectivity index is 0.000000172. The van der Waals surface area contributed by atoms with Crippen LogP contribution in [0.4, 0.5) is 0 Å². The number of ether oxygens (including phenoxy) is 1. The molecule has 2 aromatic rings. The zero-order chi connectivity index (χ0) is 15.5. The Morgan fingerprint density at radius 2 is 1.41 bits per heavy atom. The number of benzene rings is 2. The van der Waals surface area contributed by atoms with Crippen LogP contribution in [0, 0.1) is 6.42 Å². The van der Waals surface area contributed by atoms with Gasteiger partial charge in [0.1, 0.15) is 0 Å². The predicted octanol–water partition coefficient (Wildman–Crippen LogP) is 2.72. The van der Waals surface area contributed by atoms with Crippen LogP contribution in [0.2, 0.25) is 0 Å². The van der Waals surface area contributed by atoms with Crippen molar-refractivity contribution in [3.8, 4) is 0 Å². The molecule has 1 aliphatic heterocycles. The molecule has 0 bridgehead atoms. The molecule has 3 rings (SSSR count). The molecule has 114 valence electrons. The summed E-state index contributed by atoms with van der Waals surface area (Å²) >= 11 is 0. The van der Waals surface area contributed by atoms with Crippen LogP contribution in [-0.4, -0.2) is 44.0 Å². The molecule has 1 fully saturated rings. The smallest absolute Gasteiger partial charge is 0.213 e. The molecule has 2 aromatic carbocycles. The summed E-state index contributed by atoms with van der Waals surface area (Å²) in [6.45, 7) is 3.68. The molecule has 0 N–H and O–H groups in total. The second-order valence-corrected chi connectivity index (χ2v) is 5.00. The van der Waals surface area contributed by atoms with Gasteiger partial charge in [0.05, 0.1) is 19.8 Å². The zero-order valence-corrected chi connectivity index (χ0v) is 12.7. The fourth-order valence-electron chi connectivity index (χ4n) is 2.14. The first-order valence-electron chi connectivity index (χ1n) is 7.48. The first kappa shape index (κ1) is 16.4. The lowest BCUT2D eigenvalue weighted by atomic mass is 10.1. The third-order valence-electron chi connectivity index (χ3n) is 3.32. The highest BCUT2D eigenvalue weighted by atomic mass is 16.5. The third-order valence-corrected chi connectivity index (χ3v) is 3.32. The Labute approximate surface area is 132 Å². The number of nitrogens with zero attached hydrogens (tertiary/aromatic N) is 1. The highest BCUT2D eigenvalue weighted by Gasteiger charge is 2.08. The van der Waals surface area contributed by atoms with Gasteiger partial charge in [-0.3, -0.25) is 9.69 Å². The summed E-state index contributed by atoms with van der Waals surface area (Å²) in [4.78, 5) is 11.9. The molecule has 1 heterocycles. The monoisotopic (exact) mass is 295 g/mol. The van der Waals surface area contributed by atoms with E-state index in [1.807, 2.05) is 23.3 Å². The van der Waals surface area contributed by atoms with Crippen LogP contribution in [0.5, 0.6) is 0 Å². The third kappa shape index (κ3) is 6.20. The van der Waals surface area contributed by atoms with E-state index in [-0.39, 0.29) is 0 Å². The molecule has 1 aliphatic rings. The topological polar surface area (TPSA) is 29.5 Å². The lowest BCUT2D eigenvalue weighted by Gasteiger charge is -2.23. The van der Waals surface area contributed by atoms with E-state index in [4.69, 9.17) is 4.74 Å². The predicted molar refractivity (Wildman–Crippen MR) is 88.3 cm³/mol. The molecule has 0 spiro atoms. The lowest BCUT2D eigenvalue weighted by molar-refractivity contribution is 0.0451. The maximum atomic E-state index is 9.87. The highest BCUT2D eigenvalue weighted by Crippen LogP contribution is 2.10. The average molecular weight is 295 g/mol. The Bertz CT molecular complexity index is 484. The van der Waals surface area contributed by atoms with Crippen LogP contribution in [0.25, 0.3) is 0 Å². The minimum absolute atomic E-state index is 0.434. The van der Waals surface area contributed by atoms with Crippen LogP contribution in [0.15, 0.2) is 60.7 Å². The van der Waals surface area contributed by atoms with Crippen molar-refractivity contribution in [3.05, 3.63) is 78.2 Å². The van der Waals surface area contributed by atoms with Gasteiger partial charge in [-0.15, -0.1) is 0 Å². The Hall–Kier alpha value is -1.97. The van der Waals surface area contributed by atoms with Gasteiger partial charge >= 0.3 is 0 Å².